The summed E-state index contributed by atoms with van der Waals surface area (Å²) in [6, 6.07) is 8.98. The molecule has 7 heteroatoms. The molecule has 1 aromatic carbocycles. The lowest BCUT2D eigenvalue weighted by molar-refractivity contribution is -0.135. The maximum Gasteiger partial charge on any atom is 0.231 e. The molecule has 1 atom stereocenters. The Labute approximate surface area is 144 Å². The molecule has 7 nitrogen and oxygen atoms in total. The molecule has 4 rings (SSSR count). The van der Waals surface area contributed by atoms with Gasteiger partial charge in [0.2, 0.25) is 18.6 Å². The lowest BCUT2D eigenvalue weighted by Gasteiger charge is -2.20. The number of amides is 2. The van der Waals surface area contributed by atoms with Gasteiger partial charge in [-0.25, -0.2) is 0 Å². The monoisotopic (exact) mass is 342 g/mol. The van der Waals surface area contributed by atoms with Gasteiger partial charge in [-0.05, 0) is 24.3 Å². The summed E-state index contributed by atoms with van der Waals surface area (Å²) < 4.78 is 15.9. The fourth-order valence-electron chi connectivity index (χ4n) is 3.20. The van der Waals surface area contributed by atoms with Gasteiger partial charge in [0, 0.05) is 31.8 Å². The molecule has 2 aliphatic rings. The van der Waals surface area contributed by atoms with E-state index in [1.165, 1.54) is 0 Å². The number of hydrogen-bond acceptors (Lipinski definition) is 5. The summed E-state index contributed by atoms with van der Waals surface area (Å²) in [5.74, 6) is 1.51. The molecular weight excluding hydrogens is 324 g/mol. The van der Waals surface area contributed by atoms with Crippen molar-refractivity contribution < 1.29 is 23.5 Å². The Morgan fingerprint density at radius 2 is 2.12 bits per heavy atom. The Balaban J connectivity index is 1.45. The number of fused-ring (bicyclic) bond motifs is 1. The van der Waals surface area contributed by atoms with Crippen LogP contribution in [0.1, 0.15) is 12.2 Å². The molecule has 0 N–H and O–H groups in total. The summed E-state index contributed by atoms with van der Waals surface area (Å²) in [6.07, 6.45) is 1.78. The molecule has 25 heavy (non-hydrogen) atoms. The number of rotatable bonds is 4. The van der Waals surface area contributed by atoms with E-state index < -0.39 is 0 Å². The number of benzene rings is 1. The number of carbonyl (C=O) groups excluding carboxylic acids is 2. The summed E-state index contributed by atoms with van der Waals surface area (Å²) >= 11 is 0. The third-order valence-electron chi connectivity index (χ3n) is 4.49. The van der Waals surface area contributed by atoms with Gasteiger partial charge in [-0.3, -0.25) is 9.59 Å². The molecule has 0 bridgehead atoms. The van der Waals surface area contributed by atoms with E-state index in [0.717, 1.165) is 5.69 Å². The third kappa shape index (κ3) is 2.93. The van der Waals surface area contributed by atoms with Gasteiger partial charge in [-0.2, -0.15) is 0 Å². The van der Waals surface area contributed by atoms with Crippen LogP contribution in [0.25, 0.3) is 0 Å². The van der Waals surface area contributed by atoms with E-state index in [-0.39, 0.29) is 30.9 Å². The summed E-state index contributed by atoms with van der Waals surface area (Å²) in [7, 11) is 1.72. The van der Waals surface area contributed by atoms with Crippen molar-refractivity contribution in [2.75, 3.05) is 25.3 Å². The highest BCUT2D eigenvalue weighted by Gasteiger charge is 2.37. The Hall–Kier alpha value is -2.96. The second-order valence-electron chi connectivity index (χ2n) is 6.22. The van der Waals surface area contributed by atoms with Crippen molar-refractivity contribution in [1.29, 1.82) is 0 Å². The summed E-state index contributed by atoms with van der Waals surface area (Å²) in [5, 5.41) is 0. The molecule has 2 amide bonds. The van der Waals surface area contributed by atoms with Crippen molar-refractivity contribution >= 4 is 17.5 Å². The largest absolute Gasteiger partial charge is 0.467 e. The molecule has 3 heterocycles. The summed E-state index contributed by atoms with van der Waals surface area (Å²) in [6.45, 7) is 0.936. The topological polar surface area (TPSA) is 72.2 Å². The van der Waals surface area contributed by atoms with Crippen LogP contribution < -0.4 is 14.4 Å². The number of furan rings is 1. The van der Waals surface area contributed by atoms with E-state index in [9.17, 15) is 9.59 Å². The van der Waals surface area contributed by atoms with Crippen molar-refractivity contribution in [3.8, 4) is 11.5 Å². The zero-order chi connectivity index (χ0) is 17.4. The van der Waals surface area contributed by atoms with Gasteiger partial charge in [0.15, 0.2) is 11.5 Å². The highest BCUT2D eigenvalue weighted by molar-refractivity contribution is 6.00. The molecule has 1 aromatic heterocycles. The Morgan fingerprint density at radius 3 is 2.92 bits per heavy atom. The number of ether oxygens (including phenoxy) is 2. The zero-order valence-corrected chi connectivity index (χ0v) is 13.8. The van der Waals surface area contributed by atoms with Crippen LogP contribution in [0.3, 0.4) is 0 Å². The van der Waals surface area contributed by atoms with Crippen molar-refractivity contribution in [3.63, 3.8) is 0 Å². The van der Waals surface area contributed by atoms with Crippen molar-refractivity contribution in [2.45, 2.75) is 13.0 Å². The molecule has 1 saturated heterocycles. The van der Waals surface area contributed by atoms with Crippen LogP contribution in [0.4, 0.5) is 5.69 Å². The Kier molecular flexibility index (Phi) is 3.83. The Bertz CT molecular complexity index is 802. The van der Waals surface area contributed by atoms with E-state index in [1.54, 1.807) is 41.3 Å². The van der Waals surface area contributed by atoms with Crippen LogP contribution in [0.5, 0.6) is 11.5 Å². The van der Waals surface area contributed by atoms with E-state index in [0.29, 0.717) is 30.3 Å². The lowest BCUT2D eigenvalue weighted by atomic mass is 10.1. The van der Waals surface area contributed by atoms with Crippen LogP contribution in [-0.2, 0) is 16.1 Å². The molecule has 1 unspecified atom stereocenters. The fourth-order valence-corrected chi connectivity index (χ4v) is 3.20. The molecule has 0 saturated carbocycles. The third-order valence-corrected chi connectivity index (χ3v) is 4.49. The average molecular weight is 342 g/mol. The predicted molar refractivity (Wildman–Crippen MR) is 88.2 cm³/mol. The summed E-state index contributed by atoms with van der Waals surface area (Å²) in [5.41, 5.74) is 0.721. The number of hydrogen-bond donors (Lipinski definition) is 0. The minimum atomic E-state index is -0.363. The minimum Gasteiger partial charge on any atom is -0.467 e. The first-order valence-corrected chi connectivity index (χ1v) is 8.09. The van der Waals surface area contributed by atoms with Gasteiger partial charge in [0.05, 0.1) is 18.7 Å². The van der Waals surface area contributed by atoms with Crippen molar-refractivity contribution in [3.05, 3.63) is 42.4 Å². The fraction of sp³-hybridized carbons (Fsp3) is 0.333. The van der Waals surface area contributed by atoms with Gasteiger partial charge in [0.1, 0.15) is 5.76 Å². The van der Waals surface area contributed by atoms with E-state index in [4.69, 9.17) is 13.9 Å². The average Bonchev–Trinajstić information content (AvgIpc) is 3.33. The number of anilines is 1. The van der Waals surface area contributed by atoms with Crippen molar-refractivity contribution in [2.24, 2.45) is 5.92 Å². The molecular formula is C18H18N2O5. The predicted octanol–water partition coefficient (Wildman–Crippen LogP) is 2.02. The minimum absolute atomic E-state index is 0.0620. The maximum absolute atomic E-state index is 12.6. The van der Waals surface area contributed by atoms with Gasteiger partial charge >= 0.3 is 0 Å². The molecule has 130 valence electrons. The van der Waals surface area contributed by atoms with E-state index in [1.807, 2.05) is 12.1 Å². The maximum atomic E-state index is 12.6. The van der Waals surface area contributed by atoms with Crippen LogP contribution >= 0.6 is 0 Å². The van der Waals surface area contributed by atoms with Gasteiger partial charge < -0.3 is 23.7 Å². The lowest BCUT2D eigenvalue weighted by Crippen LogP contribution is -2.34. The first-order valence-electron chi connectivity index (χ1n) is 8.09. The standard InChI is InChI=1S/C18H18N2O5/c1-19(10-14-3-2-6-23-14)18(22)12-7-17(21)20(9-12)13-4-5-15-16(8-13)25-11-24-15/h2-6,8,12H,7,9-11H2,1H3. The second-order valence-corrected chi connectivity index (χ2v) is 6.22. The van der Waals surface area contributed by atoms with Crippen LogP contribution in [-0.4, -0.2) is 37.1 Å². The van der Waals surface area contributed by atoms with Crippen molar-refractivity contribution in [1.82, 2.24) is 4.90 Å². The highest BCUT2D eigenvalue weighted by atomic mass is 16.7. The van der Waals surface area contributed by atoms with Crippen LogP contribution in [0.15, 0.2) is 41.0 Å². The summed E-state index contributed by atoms with van der Waals surface area (Å²) in [4.78, 5) is 28.3. The van der Waals surface area contributed by atoms with E-state index >= 15 is 0 Å². The zero-order valence-electron chi connectivity index (χ0n) is 13.8. The molecule has 0 aliphatic carbocycles. The van der Waals surface area contributed by atoms with E-state index in [2.05, 4.69) is 0 Å². The molecule has 2 aliphatic heterocycles. The number of nitrogens with zero attached hydrogens (tertiary/aromatic N) is 2. The van der Waals surface area contributed by atoms with Gasteiger partial charge in [-0.15, -0.1) is 0 Å². The molecule has 2 aromatic rings. The molecule has 0 spiro atoms. The van der Waals surface area contributed by atoms with Gasteiger partial charge in [0.25, 0.3) is 0 Å². The van der Waals surface area contributed by atoms with Crippen LogP contribution in [0, 0.1) is 5.92 Å². The normalized spacial score (nSPS) is 18.7. The number of carbonyl (C=O) groups is 2. The molecule has 1 fully saturated rings. The second kappa shape index (κ2) is 6.16. The first-order chi connectivity index (χ1) is 12.1. The Morgan fingerprint density at radius 1 is 1.28 bits per heavy atom. The smallest absolute Gasteiger partial charge is 0.231 e. The van der Waals surface area contributed by atoms with Crippen LogP contribution in [0.2, 0.25) is 0 Å². The SMILES string of the molecule is CN(Cc1ccco1)C(=O)C1CC(=O)N(c2ccc3c(c2)OCO3)C1. The first kappa shape index (κ1) is 15.6. The molecule has 0 radical (unpaired) electrons. The highest BCUT2D eigenvalue weighted by Crippen LogP contribution is 2.37. The van der Waals surface area contributed by atoms with Gasteiger partial charge in [-0.1, -0.05) is 0 Å². The quantitative estimate of drug-likeness (QED) is 0.850.